The second-order valence-electron chi connectivity index (χ2n) is 5.39. The van der Waals surface area contributed by atoms with Gasteiger partial charge in [0.15, 0.2) is 0 Å². The number of rotatable bonds is 7. The zero-order valence-corrected chi connectivity index (χ0v) is 14.2. The van der Waals surface area contributed by atoms with Crippen LogP contribution in [0.4, 0.5) is 0 Å². The molecule has 0 saturated carbocycles. The summed E-state index contributed by atoms with van der Waals surface area (Å²) in [6, 6.07) is 1.80. The molecule has 3 N–H and O–H groups in total. The lowest BCUT2D eigenvalue weighted by Gasteiger charge is -2.22. The summed E-state index contributed by atoms with van der Waals surface area (Å²) in [4.78, 5) is 23.4. The lowest BCUT2D eigenvalue weighted by atomic mass is 10.00. The van der Waals surface area contributed by atoms with E-state index in [1.54, 1.807) is 6.07 Å². The molecule has 1 aliphatic rings. The average Bonchev–Trinajstić information content (AvgIpc) is 3.05. The van der Waals surface area contributed by atoms with E-state index >= 15 is 0 Å². The van der Waals surface area contributed by atoms with Crippen LogP contribution in [0.5, 0.6) is 0 Å². The van der Waals surface area contributed by atoms with Crippen molar-refractivity contribution in [3.63, 3.8) is 0 Å². The number of halogens is 1. The number of hydrogen-bond donors (Lipinski definition) is 3. The van der Waals surface area contributed by atoms with Crippen molar-refractivity contribution in [2.75, 3.05) is 26.2 Å². The quantitative estimate of drug-likeness (QED) is 0.660. The highest BCUT2D eigenvalue weighted by atomic mass is 35.5. The van der Waals surface area contributed by atoms with Crippen molar-refractivity contribution in [3.05, 3.63) is 22.4 Å². The van der Waals surface area contributed by atoms with Crippen molar-refractivity contribution in [1.29, 1.82) is 0 Å². The van der Waals surface area contributed by atoms with Gasteiger partial charge in [-0.3, -0.25) is 9.59 Å². The molecule has 0 aliphatic carbocycles. The maximum absolute atomic E-state index is 11.7. The predicted octanol–water partition coefficient (Wildman–Crippen LogP) is 1.80. The SMILES string of the molecule is Cl.O=C(CCCNC(=O)c1ccsc1)NCC1CCCNC1. The van der Waals surface area contributed by atoms with Gasteiger partial charge in [-0.2, -0.15) is 11.3 Å². The molecule has 1 saturated heterocycles. The molecule has 7 heteroatoms. The molecule has 1 fully saturated rings. The van der Waals surface area contributed by atoms with E-state index in [4.69, 9.17) is 0 Å². The molecule has 1 atom stereocenters. The Balaban J connectivity index is 0.00000242. The Hall–Kier alpha value is -1.11. The topological polar surface area (TPSA) is 70.2 Å². The summed E-state index contributed by atoms with van der Waals surface area (Å²) >= 11 is 1.50. The Morgan fingerprint density at radius 1 is 1.36 bits per heavy atom. The molecule has 2 rings (SSSR count). The summed E-state index contributed by atoms with van der Waals surface area (Å²) in [5.74, 6) is 0.566. The van der Waals surface area contributed by atoms with Gasteiger partial charge in [0, 0.05) is 30.5 Å². The Morgan fingerprint density at radius 3 is 2.91 bits per heavy atom. The van der Waals surface area contributed by atoms with E-state index < -0.39 is 0 Å². The molecular formula is C15H24ClN3O2S. The number of carbonyl (C=O) groups is 2. The third-order valence-electron chi connectivity index (χ3n) is 3.64. The Morgan fingerprint density at radius 2 is 2.23 bits per heavy atom. The molecule has 0 spiro atoms. The number of amides is 2. The van der Waals surface area contributed by atoms with E-state index in [-0.39, 0.29) is 24.2 Å². The molecule has 0 radical (unpaired) electrons. The Kier molecular flexibility index (Phi) is 9.11. The molecule has 1 unspecified atom stereocenters. The van der Waals surface area contributed by atoms with Crippen LogP contribution >= 0.6 is 23.7 Å². The number of thiophene rings is 1. The summed E-state index contributed by atoms with van der Waals surface area (Å²) in [5.41, 5.74) is 0.689. The van der Waals surface area contributed by atoms with Crippen LogP contribution in [0.15, 0.2) is 16.8 Å². The fourth-order valence-electron chi connectivity index (χ4n) is 2.39. The number of carbonyl (C=O) groups excluding carboxylic acids is 2. The van der Waals surface area contributed by atoms with Crippen molar-refractivity contribution in [3.8, 4) is 0 Å². The van der Waals surface area contributed by atoms with Crippen molar-refractivity contribution < 1.29 is 9.59 Å². The van der Waals surface area contributed by atoms with Crippen LogP contribution in [0.3, 0.4) is 0 Å². The highest BCUT2D eigenvalue weighted by Gasteiger charge is 2.13. The number of hydrogen-bond acceptors (Lipinski definition) is 4. The third kappa shape index (κ3) is 6.77. The van der Waals surface area contributed by atoms with Gasteiger partial charge in [-0.1, -0.05) is 0 Å². The average molecular weight is 346 g/mol. The van der Waals surface area contributed by atoms with Gasteiger partial charge in [-0.05, 0) is 49.7 Å². The molecule has 5 nitrogen and oxygen atoms in total. The summed E-state index contributed by atoms with van der Waals surface area (Å²) in [6.07, 6.45) is 3.51. The van der Waals surface area contributed by atoms with E-state index in [0.717, 1.165) is 19.6 Å². The second-order valence-corrected chi connectivity index (χ2v) is 6.17. The highest BCUT2D eigenvalue weighted by molar-refractivity contribution is 7.08. The maximum atomic E-state index is 11.7. The first-order valence-electron chi connectivity index (χ1n) is 7.53. The fourth-order valence-corrected chi connectivity index (χ4v) is 3.03. The lowest BCUT2D eigenvalue weighted by Crippen LogP contribution is -2.38. The highest BCUT2D eigenvalue weighted by Crippen LogP contribution is 2.08. The zero-order chi connectivity index (χ0) is 14.9. The first-order chi connectivity index (χ1) is 10.3. The van der Waals surface area contributed by atoms with Crippen LogP contribution in [-0.4, -0.2) is 38.0 Å². The molecular weight excluding hydrogens is 322 g/mol. The first-order valence-corrected chi connectivity index (χ1v) is 8.48. The van der Waals surface area contributed by atoms with Crippen molar-refractivity contribution in [2.45, 2.75) is 25.7 Å². The minimum Gasteiger partial charge on any atom is -0.356 e. The van der Waals surface area contributed by atoms with Gasteiger partial charge in [0.1, 0.15) is 0 Å². The first kappa shape index (κ1) is 18.9. The Bertz CT molecular complexity index is 448. The largest absolute Gasteiger partial charge is 0.356 e. The van der Waals surface area contributed by atoms with Crippen LogP contribution in [0.1, 0.15) is 36.0 Å². The number of piperidine rings is 1. The van der Waals surface area contributed by atoms with E-state index in [9.17, 15) is 9.59 Å². The van der Waals surface area contributed by atoms with Crippen LogP contribution in [0.25, 0.3) is 0 Å². The monoisotopic (exact) mass is 345 g/mol. The van der Waals surface area contributed by atoms with Crippen molar-refractivity contribution in [1.82, 2.24) is 16.0 Å². The Labute approximate surface area is 141 Å². The second kappa shape index (κ2) is 10.6. The third-order valence-corrected chi connectivity index (χ3v) is 4.32. The van der Waals surface area contributed by atoms with Gasteiger partial charge in [0.2, 0.25) is 5.91 Å². The normalized spacial score (nSPS) is 17.4. The van der Waals surface area contributed by atoms with Gasteiger partial charge >= 0.3 is 0 Å². The summed E-state index contributed by atoms with van der Waals surface area (Å²) in [5, 5.41) is 12.8. The van der Waals surface area contributed by atoms with Crippen LogP contribution in [0.2, 0.25) is 0 Å². The molecule has 1 aromatic rings. The van der Waals surface area contributed by atoms with Gasteiger partial charge in [0.25, 0.3) is 5.91 Å². The van der Waals surface area contributed by atoms with E-state index in [2.05, 4.69) is 16.0 Å². The molecule has 0 aromatic carbocycles. The van der Waals surface area contributed by atoms with Crippen molar-refractivity contribution >= 4 is 35.6 Å². The van der Waals surface area contributed by atoms with Crippen LogP contribution < -0.4 is 16.0 Å². The van der Waals surface area contributed by atoms with E-state index in [1.165, 1.54) is 24.2 Å². The molecule has 2 heterocycles. The zero-order valence-electron chi connectivity index (χ0n) is 12.6. The van der Waals surface area contributed by atoms with Gasteiger partial charge < -0.3 is 16.0 Å². The molecule has 0 bridgehead atoms. The summed E-state index contributed by atoms with van der Waals surface area (Å²) in [6.45, 7) is 3.38. The minimum absolute atomic E-state index is 0. The van der Waals surface area contributed by atoms with Gasteiger partial charge in [-0.15, -0.1) is 12.4 Å². The maximum Gasteiger partial charge on any atom is 0.252 e. The number of nitrogens with one attached hydrogen (secondary N) is 3. The van der Waals surface area contributed by atoms with Crippen molar-refractivity contribution in [2.24, 2.45) is 5.92 Å². The van der Waals surface area contributed by atoms with Crippen LogP contribution in [-0.2, 0) is 4.79 Å². The van der Waals surface area contributed by atoms with Gasteiger partial charge in [0.05, 0.1) is 0 Å². The predicted molar refractivity (Wildman–Crippen MR) is 91.7 cm³/mol. The lowest BCUT2D eigenvalue weighted by molar-refractivity contribution is -0.121. The summed E-state index contributed by atoms with van der Waals surface area (Å²) < 4.78 is 0. The molecule has 1 aromatic heterocycles. The fraction of sp³-hybridized carbons (Fsp3) is 0.600. The van der Waals surface area contributed by atoms with E-state index in [1.807, 2.05) is 10.8 Å². The molecule has 124 valence electrons. The van der Waals surface area contributed by atoms with Crippen LogP contribution in [0, 0.1) is 5.92 Å². The van der Waals surface area contributed by atoms with Gasteiger partial charge in [-0.25, -0.2) is 0 Å². The van der Waals surface area contributed by atoms with E-state index in [0.29, 0.717) is 30.9 Å². The molecule has 1 aliphatic heterocycles. The molecule has 2 amide bonds. The molecule has 22 heavy (non-hydrogen) atoms. The smallest absolute Gasteiger partial charge is 0.252 e. The standard InChI is InChI=1S/C15H23N3O2S.ClH/c19-14(18-10-12-3-1-6-16-9-12)4-2-7-17-15(20)13-5-8-21-11-13;/h5,8,11-12,16H,1-4,6-7,9-10H2,(H,17,20)(H,18,19);1H. The summed E-state index contributed by atoms with van der Waals surface area (Å²) in [7, 11) is 0. The minimum atomic E-state index is -0.0649.